The number of nitrogens with zero attached hydrogens (tertiary/aromatic N) is 2. The summed E-state index contributed by atoms with van der Waals surface area (Å²) in [7, 11) is 3.73. The maximum absolute atomic E-state index is 14.2. The van der Waals surface area contributed by atoms with Gasteiger partial charge in [-0.05, 0) is 92.1 Å². The minimum absolute atomic E-state index is 0.123. The number of aryl methyl sites for hydroxylation is 1. The fraction of sp³-hybridized carbons (Fsp3) is 0.333. The lowest BCUT2D eigenvalue weighted by molar-refractivity contribution is 0.0604. The Bertz CT molecular complexity index is 1340. The summed E-state index contributed by atoms with van der Waals surface area (Å²) in [5.41, 5.74) is 4.29. The molecule has 1 aliphatic rings. The van der Waals surface area contributed by atoms with Crippen LogP contribution in [0, 0.1) is 6.92 Å². The molecule has 0 saturated heterocycles. The number of hydrogen-bond donors (Lipinski definition) is 1. The van der Waals surface area contributed by atoms with Gasteiger partial charge in [0.1, 0.15) is 5.75 Å². The van der Waals surface area contributed by atoms with Crippen molar-refractivity contribution >= 4 is 27.3 Å². The van der Waals surface area contributed by atoms with Crippen molar-refractivity contribution in [1.82, 2.24) is 15.2 Å². The van der Waals surface area contributed by atoms with E-state index < -0.39 is 0 Å². The van der Waals surface area contributed by atoms with Crippen molar-refractivity contribution < 1.29 is 9.53 Å². The molecular formula is C30H33N3O2S. The normalized spacial score (nSPS) is 17.8. The molecule has 0 bridgehead atoms. The van der Waals surface area contributed by atoms with Crippen LogP contribution < -0.4 is 10.1 Å². The van der Waals surface area contributed by atoms with Gasteiger partial charge in [-0.25, -0.2) is 0 Å². The minimum Gasteiger partial charge on any atom is -0.496 e. The zero-order valence-corrected chi connectivity index (χ0v) is 22.0. The second-order valence-electron chi connectivity index (χ2n) is 9.54. The van der Waals surface area contributed by atoms with E-state index in [1.54, 1.807) is 30.8 Å². The molecule has 5 rings (SSSR count). The highest BCUT2D eigenvalue weighted by atomic mass is 32.1. The van der Waals surface area contributed by atoms with Crippen LogP contribution in [0.5, 0.6) is 5.75 Å². The number of carbonyl (C=O) groups excluding carboxylic acids is 1. The molecule has 36 heavy (non-hydrogen) atoms. The topological polar surface area (TPSA) is 54.5 Å². The van der Waals surface area contributed by atoms with Crippen molar-refractivity contribution in [2.75, 3.05) is 14.2 Å². The molecule has 0 atom stereocenters. The number of hydrogen-bond acceptors (Lipinski definition) is 5. The molecule has 186 valence electrons. The summed E-state index contributed by atoms with van der Waals surface area (Å²) in [4.78, 5) is 21.3. The second-order valence-corrected chi connectivity index (χ2v) is 10.6. The van der Waals surface area contributed by atoms with Gasteiger partial charge >= 0.3 is 0 Å². The number of aromatic nitrogens is 1. The van der Waals surface area contributed by atoms with Gasteiger partial charge in [0, 0.05) is 41.3 Å². The number of methoxy groups -OCH3 is 1. The van der Waals surface area contributed by atoms with Crippen molar-refractivity contribution in [2.45, 2.75) is 51.2 Å². The smallest absolute Gasteiger partial charge is 0.264 e. The third kappa shape index (κ3) is 4.88. The van der Waals surface area contributed by atoms with Gasteiger partial charge in [0.25, 0.3) is 5.91 Å². The number of amides is 1. The molecule has 0 radical (unpaired) electrons. The third-order valence-electron chi connectivity index (χ3n) is 7.48. The fourth-order valence-electron chi connectivity index (χ4n) is 5.36. The molecule has 2 aromatic heterocycles. The van der Waals surface area contributed by atoms with E-state index in [-0.39, 0.29) is 11.9 Å². The van der Waals surface area contributed by atoms with Crippen LogP contribution in [0.15, 0.2) is 67.0 Å². The standard InChI is InChI=1S/C30H33N3O2S/c1-20-26-6-4-5-7-28(26)36-29(20)30(34)33(25-11-9-24(31-2)10-12-25)19-23-18-22(8-13-27(23)35-3)21-14-16-32-17-15-21/h4-8,13-18,24-25,31H,9-12,19H2,1-3H3. The second kappa shape index (κ2) is 10.8. The van der Waals surface area contributed by atoms with Crippen molar-refractivity contribution in [3.05, 3.63) is 83.0 Å². The van der Waals surface area contributed by atoms with Gasteiger partial charge in [0.2, 0.25) is 0 Å². The maximum Gasteiger partial charge on any atom is 0.264 e. The van der Waals surface area contributed by atoms with E-state index in [4.69, 9.17) is 4.74 Å². The van der Waals surface area contributed by atoms with E-state index >= 15 is 0 Å². The summed E-state index contributed by atoms with van der Waals surface area (Å²) in [6.07, 6.45) is 7.75. The summed E-state index contributed by atoms with van der Waals surface area (Å²) in [5.74, 6) is 0.931. The largest absolute Gasteiger partial charge is 0.496 e. The molecule has 2 heterocycles. The summed E-state index contributed by atoms with van der Waals surface area (Å²) in [6, 6.07) is 19.3. The van der Waals surface area contributed by atoms with E-state index in [2.05, 4.69) is 46.4 Å². The van der Waals surface area contributed by atoms with Crippen LogP contribution in [0.1, 0.15) is 46.5 Å². The Kier molecular flexibility index (Phi) is 7.35. The van der Waals surface area contributed by atoms with E-state index in [1.165, 1.54) is 5.39 Å². The van der Waals surface area contributed by atoms with Crippen LogP contribution in [0.4, 0.5) is 0 Å². The van der Waals surface area contributed by atoms with Crippen LogP contribution in [-0.4, -0.2) is 42.0 Å². The Balaban J connectivity index is 1.53. The first kappa shape index (κ1) is 24.5. The molecule has 1 amide bonds. The molecule has 4 aromatic rings. The van der Waals surface area contributed by atoms with Crippen molar-refractivity contribution in [3.8, 4) is 16.9 Å². The number of carbonyl (C=O) groups is 1. The van der Waals surface area contributed by atoms with Crippen LogP contribution >= 0.6 is 11.3 Å². The Morgan fingerprint density at radius 1 is 1.06 bits per heavy atom. The molecule has 1 fully saturated rings. The average molecular weight is 500 g/mol. The predicted octanol–water partition coefficient (Wildman–Crippen LogP) is 6.45. The van der Waals surface area contributed by atoms with Crippen molar-refractivity contribution in [2.24, 2.45) is 0 Å². The van der Waals surface area contributed by atoms with Gasteiger partial charge in [0.05, 0.1) is 12.0 Å². The van der Waals surface area contributed by atoms with Crippen LogP contribution in [0.3, 0.4) is 0 Å². The molecular weight excluding hydrogens is 466 g/mol. The number of fused-ring (bicyclic) bond motifs is 1. The molecule has 0 spiro atoms. The zero-order valence-electron chi connectivity index (χ0n) is 21.2. The van der Waals surface area contributed by atoms with Crippen LogP contribution in [-0.2, 0) is 6.54 Å². The number of rotatable bonds is 7. The molecule has 6 heteroatoms. The first-order valence-electron chi connectivity index (χ1n) is 12.6. The molecule has 2 aromatic carbocycles. The molecule has 5 nitrogen and oxygen atoms in total. The number of nitrogens with one attached hydrogen (secondary N) is 1. The van der Waals surface area contributed by atoms with E-state index in [1.807, 2.05) is 37.4 Å². The van der Waals surface area contributed by atoms with Crippen molar-refractivity contribution in [3.63, 3.8) is 0 Å². The molecule has 1 N–H and O–H groups in total. The number of pyridine rings is 1. The summed E-state index contributed by atoms with van der Waals surface area (Å²) in [5, 5.41) is 4.59. The first-order chi connectivity index (χ1) is 17.6. The molecule has 0 unspecified atom stereocenters. The molecule has 1 aliphatic carbocycles. The number of benzene rings is 2. The first-order valence-corrected chi connectivity index (χ1v) is 13.4. The zero-order chi connectivity index (χ0) is 25.1. The highest BCUT2D eigenvalue weighted by Gasteiger charge is 2.31. The van der Waals surface area contributed by atoms with Gasteiger partial charge in [0.15, 0.2) is 0 Å². The van der Waals surface area contributed by atoms with E-state index in [0.29, 0.717) is 12.6 Å². The lowest BCUT2D eigenvalue weighted by atomic mass is 9.89. The Morgan fingerprint density at radius 3 is 2.50 bits per heavy atom. The quantitative estimate of drug-likeness (QED) is 0.317. The Labute approximate surface area is 217 Å². The highest BCUT2D eigenvalue weighted by molar-refractivity contribution is 7.21. The average Bonchev–Trinajstić information content (AvgIpc) is 3.28. The van der Waals surface area contributed by atoms with Gasteiger partial charge < -0.3 is 15.0 Å². The highest BCUT2D eigenvalue weighted by Crippen LogP contribution is 2.35. The van der Waals surface area contributed by atoms with Gasteiger partial charge in [-0.3, -0.25) is 9.78 Å². The summed E-state index contributed by atoms with van der Waals surface area (Å²) >= 11 is 1.61. The Hall–Kier alpha value is -3.22. The maximum atomic E-state index is 14.2. The van der Waals surface area contributed by atoms with Crippen LogP contribution in [0.2, 0.25) is 0 Å². The van der Waals surface area contributed by atoms with Gasteiger partial charge in [-0.15, -0.1) is 11.3 Å². The lowest BCUT2D eigenvalue weighted by Crippen LogP contribution is -2.44. The van der Waals surface area contributed by atoms with E-state index in [0.717, 1.165) is 63.3 Å². The monoisotopic (exact) mass is 499 g/mol. The Morgan fingerprint density at radius 2 is 1.81 bits per heavy atom. The van der Waals surface area contributed by atoms with Gasteiger partial charge in [-0.1, -0.05) is 24.3 Å². The summed E-state index contributed by atoms with van der Waals surface area (Å²) in [6.45, 7) is 2.59. The van der Waals surface area contributed by atoms with Crippen molar-refractivity contribution in [1.29, 1.82) is 0 Å². The van der Waals surface area contributed by atoms with E-state index in [9.17, 15) is 4.79 Å². The number of ether oxygens (including phenoxy) is 1. The fourth-order valence-corrected chi connectivity index (χ4v) is 6.53. The van der Waals surface area contributed by atoms with Gasteiger partial charge in [-0.2, -0.15) is 0 Å². The molecule has 0 aliphatic heterocycles. The molecule has 1 saturated carbocycles. The minimum atomic E-state index is 0.123. The SMILES string of the molecule is CNC1CCC(N(Cc2cc(-c3ccncc3)ccc2OC)C(=O)c2sc3ccccc3c2C)CC1. The predicted molar refractivity (Wildman–Crippen MR) is 148 cm³/mol. The summed E-state index contributed by atoms with van der Waals surface area (Å²) < 4.78 is 6.92. The third-order valence-corrected chi connectivity index (χ3v) is 8.74. The number of thiophene rings is 1. The van der Waals surface area contributed by atoms with Crippen LogP contribution in [0.25, 0.3) is 21.2 Å². The lowest BCUT2D eigenvalue weighted by Gasteiger charge is -2.37.